The summed E-state index contributed by atoms with van der Waals surface area (Å²) in [7, 11) is 0. The van der Waals surface area contributed by atoms with Crippen molar-refractivity contribution in [1.29, 1.82) is 0 Å². The molecule has 0 bridgehead atoms. The van der Waals surface area contributed by atoms with Gasteiger partial charge in [-0.25, -0.2) is 4.98 Å². The number of pyridine rings is 1. The first-order valence-corrected chi connectivity index (χ1v) is 5.27. The molecule has 0 unspecified atom stereocenters. The zero-order chi connectivity index (χ0) is 10.6. The fourth-order valence-corrected chi connectivity index (χ4v) is 1.49. The molecule has 2 heteroatoms. The van der Waals surface area contributed by atoms with E-state index in [1.165, 1.54) is 5.56 Å². The number of aromatic nitrogens is 1. The maximum absolute atomic E-state index is 5.76. The number of hydrogen-bond donors (Lipinski definition) is 0. The van der Waals surface area contributed by atoms with Gasteiger partial charge in [0.15, 0.2) is 0 Å². The van der Waals surface area contributed by atoms with Gasteiger partial charge in [0, 0.05) is 11.8 Å². The average molecular weight is 193 g/mol. The van der Waals surface area contributed by atoms with Crippen LogP contribution in [0.15, 0.2) is 12.1 Å². The molecule has 0 amide bonds. The van der Waals surface area contributed by atoms with Crippen molar-refractivity contribution in [2.75, 3.05) is 0 Å². The second kappa shape index (κ2) is 4.99. The summed E-state index contributed by atoms with van der Waals surface area (Å²) in [6.45, 7) is 8.33. The van der Waals surface area contributed by atoms with Crippen LogP contribution in [0.2, 0.25) is 0 Å². The molecule has 1 rings (SSSR count). The van der Waals surface area contributed by atoms with E-state index >= 15 is 0 Å². The lowest BCUT2D eigenvalue weighted by Gasteiger charge is -2.15. The highest BCUT2D eigenvalue weighted by Crippen LogP contribution is 2.15. The molecule has 0 saturated heterocycles. The van der Waals surface area contributed by atoms with Gasteiger partial charge in [0.05, 0.1) is 6.10 Å². The summed E-state index contributed by atoms with van der Waals surface area (Å²) in [5, 5.41) is 0. The molecule has 0 N–H and O–H groups in total. The fraction of sp³-hybridized carbons (Fsp3) is 0.583. The highest BCUT2D eigenvalue weighted by atomic mass is 16.5. The van der Waals surface area contributed by atoms with Crippen LogP contribution in [0.1, 0.15) is 37.9 Å². The minimum atomic E-state index is 0.295. The number of rotatable bonds is 4. The first-order valence-electron chi connectivity index (χ1n) is 5.27. The van der Waals surface area contributed by atoms with Crippen LogP contribution in [-0.2, 0) is 0 Å². The second-order valence-electron chi connectivity index (χ2n) is 3.68. The van der Waals surface area contributed by atoms with Gasteiger partial charge in [0.1, 0.15) is 0 Å². The van der Waals surface area contributed by atoms with E-state index < -0.39 is 0 Å². The molecule has 0 saturated carbocycles. The highest BCUT2D eigenvalue weighted by molar-refractivity contribution is 5.23. The third kappa shape index (κ3) is 3.02. The van der Waals surface area contributed by atoms with Gasteiger partial charge in [0.25, 0.3) is 0 Å². The SMILES string of the molecule is CCC(CC)Oc1cc(C)cc(C)n1. The zero-order valence-electron chi connectivity index (χ0n) is 9.50. The summed E-state index contributed by atoms with van der Waals surface area (Å²) in [6, 6.07) is 4.05. The lowest BCUT2D eigenvalue weighted by atomic mass is 10.2. The molecule has 0 spiro atoms. The minimum Gasteiger partial charge on any atom is -0.474 e. The Labute approximate surface area is 86.3 Å². The van der Waals surface area contributed by atoms with Crippen molar-refractivity contribution in [2.45, 2.75) is 46.6 Å². The lowest BCUT2D eigenvalue weighted by molar-refractivity contribution is 0.184. The molecule has 0 aromatic carbocycles. The summed E-state index contributed by atoms with van der Waals surface area (Å²) in [6.07, 6.45) is 2.36. The van der Waals surface area contributed by atoms with Crippen LogP contribution in [0.5, 0.6) is 5.88 Å². The summed E-state index contributed by atoms with van der Waals surface area (Å²) < 4.78 is 5.76. The van der Waals surface area contributed by atoms with Crippen LogP contribution in [0.25, 0.3) is 0 Å². The first kappa shape index (κ1) is 11.0. The quantitative estimate of drug-likeness (QED) is 0.732. The number of aryl methyl sites for hydroxylation is 2. The molecule has 1 aromatic rings. The Morgan fingerprint density at radius 1 is 1.21 bits per heavy atom. The Bertz CT molecular complexity index is 272. The van der Waals surface area contributed by atoms with Gasteiger partial charge in [-0.15, -0.1) is 0 Å². The zero-order valence-corrected chi connectivity index (χ0v) is 9.50. The lowest BCUT2D eigenvalue weighted by Crippen LogP contribution is -2.14. The Balaban J connectivity index is 2.75. The second-order valence-corrected chi connectivity index (χ2v) is 3.68. The topological polar surface area (TPSA) is 22.1 Å². The van der Waals surface area contributed by atoms with Crippen molar-refractivity contribution < 1.29 is 4.74 Å². The van der Waals surface area contributed by atoms with Crippen molar-refractivity contribution in [3.05, 3.63) is 23.4 Å². The molecule has 0 aliphatic rings. The Morgan fingerprint density at radius 2 is 1.86 bits per heavy atom. The fourth-order valence-electron chi connectivity index (χ4n) is 1.49. The maximum atomic E-state index is 5.76. The first-order chi connectivity index (χ1) is 6.65. The molecule has 14 heavy (non-hydrogen) atoms. The molecule has 0 aliphatic heterocycles. The number of ether oxygens (including phenoxy) is 1. The smallest absolute Gasteiger partial charge is 0.213 e. The molecule has 1 aromatic heterocycles. The molecular weight excluding hydrogens is 174 g/mol. The Hall–Kier alpha value is -1.05. The van der Waals surface area contributed by atoms with Gasteiger partial charge in [-0.3, -0.25) is 0 Å². The predicted octanol–water partition coefficient (Wildman–Crippen LogP) is 3.27. The van der Waals surface area contributed by atoms with E-state index in [0.717, 1.165) is 24.4 Å². The van der Waals surface area contributed by atoms with E-state index in [9.17, 15) is 0 Å². The number of nitrogens with zero attached hydrogens (tertiary/aromatic N) is 1. The van der Waals surface area contributed by atoms with Gasteiger partial charge in [-0.1, -0.05) is 13.8 Å². The van der Waals surface area contributed by atoms with Crippen molar-refractivity contribution in [1.82, 2.24) is 4.98 Å². The third-order valence-corrected chi connectivity index (χ3v) is 2.27. The summed E-state index contributed by atoms with van der Waals surface area (Å²) in [5.74, 6) is 0.760. The normalized spacial score (nSPS) is 10.6. The van der Waals surface area contributed by atoms with Gasteiger partial charge < -0.3 is 4.74 Å². The minimum absolute atomic E-state index is 0.295. The highest BCUT2D eigenvalue weighted by Gasteiger charge is 2.06. The largest absolute Gasteiger partial charge is 0.474 e. The Kier molecular flexibility index (Phi) is 3.93. The Morgan fingerprint density at radius 3 is 2.36 bits per heavy atom. The van der Waals surface area contributed by atoms with E-state index in [1.807, 2.05) is 13.0 Å². The van der Waals surface area contributed by atoms with E-state index in [4.69, 9.17) is 4.74 Å². The maximum Gasteiger partial charge on any atom is 0.213 e. The van der Waals surface area contributed by atoms with Gasteiger partial charge in [-0.05, 0) is 38.3 Å². The summed E-state index contributed by atoms with van der Waals surface area (Å²) in [5.41, 5.74) is 2.23. The molecule has 0 atom stereocenters. The van der Waals surface area contributed by atoms with Crippen molar-refractivity contribution >= 4 is 0 Å². The standard InChI is InChI=1S/C12H19NO/c1-5-11(6-2)14-12-8-9(3)7-10(4)13-12/h7-8,11H,5-6H2,1-4H3. The molecule has 0 radical (unpaired) electrons. The third-order valence-electron chi connectivity index (χ3n) is 2.27. The molecule has 0 fully saturated rings. The van der Waals surface area contributed by atoms with E-state index in [1.54, 1.807) is 0 Å². The molecule has 1 heterocycles. The molecular formula is C12H19NO. The van der Waals surface area contributed by atoms with Crippen LogP contribution in [0.4, 0.5) is 0 Å². The van der Waals surface area contributed by atoms with Crippen molar-refractivity contribution in [3.63, 3.8) is 0 Å². The van der Waals surface area contributed by atoms with E-state index in [2.05, 4.69) is 31.8 Å². The van der Waals surface area contributed by atoms with Crippen LogP contribution < -0.4 is 4.74 Å². The van der Waals surface area contributed by atoms with Crippen LogP contribution in [0.3, 0.4) is 0 Å². The molecule has 0 aliphatic carbocycles. The van der Waals surface area contributed by atoms with E-state index in [-0.39, 0.29) is 0 Å². The predicted molar refractivity (Wildman–Crippen MR) is 58.7 cm³/mol. The summed E-state index contributed by atoms with van der Waals surface area (Å²) >= 11 is 0. The molecule has 78 valence electrons. The van der Waals surface area contributed by atoms with Gasteiger partial charge in [0.2, 0.25) is 5.88 Å². The van der Waals surface area contributed by atoms with Gasteiger partial charge in [-0.2, -0.15) is 0 Å². The molecule has 2 nitrogen and oxygen atoms in total. The van der Waals surface area contributed by atoms with Crippen LogP contribution >= 0.6 is 0 Å². The van der Waals surface area contributed by atoms with Crippen LogP contribution in [0, 0.1) is 13.8 Å². The van der Waals surface area contributed by atoms with E-state index in [0.29, 0.717) is 6.10 Å². The van der Waals surface area contributed by atoms with Gasteiger partial charge >= 0.3 is 0 Å². The average Bonchev–Trinajstić information content (AvgIpc) is 2.12. The number of hydrogen-bond acceptors (Lipinski definition) is 2. The monoisotopic (exact) mass is 193 g/mol. The van der Waals surface area contributed by atoms with Crippen molar-refractivity contribution in [3.8, 4) is 5.88 Å². The van der Waals surface area contributed by atoms with Crippen molar-refractivity contribution in [2.24, 2.45) is 0 Å². The van der Waals surface area contributed by atoms with Crippen LogP contribution in [-0.4, -0.2) is 11.1 Å². The summed E-state index contributed by atoms with van der Waals surface area (Å²) in [4.78, 5) is 4.35.